The molecule has 8 aliphatic rings. The van der Waals surface area contributed by atoms with Gasteiger partial charge in [0.15, 0.2) is 0 Å². The summed E-state index contributed by atoms with van der Waals surface area (Å²) in [6.07, 6.45) is 49.8. The van der Waals surface area contributed by atoms with Crippen molar-refractivity contribution >= 4 is 41.3 Å². The van der Waals surface area contributed by atoms with Crippen LogP contribution in [0.25, 0.3) is 129 Å². The van der Waals surface area contributed by atoms with Crippen molar-refractivity contribution in [3.8, 4) is 124 Å². The van der Waals surface area contributed by atoms with Crippen LogP contribution in [0, 0.1) is 0 Å². The van der Waals surface area contributed by atoms with Crippen LogP contribution >= 0.6 is 0 Å². The molecule has 0 saturated heterocycles. The number of nitrogens with zero attached hydrogens (tertiary/aromatic N) is 18. The van der Waals surface area contributed by atoms with Crippen molar-refractivity contribution < 1.29 is 0 Å². The molecule has 0 N–H and O–H groups in total. The number of rotatable bonds is 18. The van der Waals surface area contributed by atoms with Crippen LogP contribution in [0.4, 0.5) is 35.7 Å². The molecule has 0 radical (unpaired) electrons. The minimum absolute atomic E-state index is 0.406. The normalized spacial score (nSPS) is 17.5. The highest BCUT2D eigenvalue weighted by molar-refractivity contribution is 5.82. The largest absolute Gasteiger partial charge is 0.327 e. The number of aromatic nitrogens is 12. The highest BCUT2D eigenvalue weighted by Crippen LogP contribution is 2.47. The molecule has 150 heavy (non-hydrogen) atoms. The molecule has 1 aliphatic heterocycles. The summed E-state index contributed by atoms with van der Waals surface area (Å²) in [4.78, 5) is 84.8. The fourth-order valence-corrected chi connectivity index (χ4v) is 21.2. The van der Waals surface area contributed by atoms with E-state index < -0.39 is 24.2 Å². The first-order valence-electron chi connectivity index (χ1n) is 51.7. The third-order valence-corrected chi connectivity index (χ3v) is 28.5. The van der Waals surface area contributed by atoms with Gasteiger partial charge in [0.1, 0.15) is 0 Å². The van der Waals surface area contributed by atoms with Gasteiger partial charge in [0.25, 0.3) is 0 Å². The molecule has 4 unspecified atom stereocenters. The van der Waals surface area contributed by atoms with Gasteiger partial charge >= 0.3 is 0 Å². The first-order chi connectivity index (χ1) is 74.3. The molecule has 12 bridgehead atoms. The van der Waals surface area contributed by atoms with Gasteiger partial charge in [0.05, 0.1) is 92.5 Å². The molecule has 11 aromatic carbocycles. The third kappa shape index (κ3) is 19.5. The second-order valence-electron chi connectivity index (χ2n) is 38.3. The zero-order chi connectivity index (χ0) is 99.8. The van der Waals surface area contributed by atoms with Crippen molar-refractivity contribution in [2.45, 2.75) is 88.4 Å². The van der Waals surface area contributed by atoms with Gasteiger partial charge in [-0.2, -0.15) is 0 Å². The van der Waals surface area contributed by atoms with Crippen molar-refractivity contribution in [2.75, 3.05) is 29.4 Å². The number of fused-ring (bicyclic) bond motifs is 8. The molecule has 7 aliphatic carbocycles. The Hall–Kier alpha value is -18.9. The maximum Gasteiger partial charge on any atom is 0.235 e. The van der Waals surface area contributed by atoms with Crippen LogP contribution in [0.1, 0.15) is 69.9 Å². The van der Waals surface area contributed by atoms with Gasteiger partial charge in [-0.05, 0) is 142 Å². The zero-order valence-corrected chi connectivity index (χ0v) is 82.6. The number of benzene rings is 11. The van der Waals surface area contributed by atoms with Crippen LogP contribution in [-0.4, -0.2) is 84.0 Å². The molecular formula is C132H104N18. The van der Waals surface area contributed by atoms with Crippen LogP contribution in [0.15, 0.2) is 531 Å². The molecule has 17 aromatic rings. The number of anilines is 6. The van der Waals surface area contributed by atoms with E-state index in [2.05, 4.69) is 515 Å². The maximum absolute atomic E-state index is 5.90. The molecule has 0 saturated carbocycles. The molecule has 722 valence electrons. The van der Waals surface area contributed by atoms with Crippen molar-refractivity contribution in [3.05, 3.63) is 537 Å². The van der Waals surface area contributed by atoms with E-state index in [1.54, 1.807) is 0 Å². The van der Waals surface area contributed by atoms with Crippen LogP contribution in [0.3, 0.4) is 0 Å². The van der Waals surface area contributed by atoms with Gasteiger partial charge in [0.2, 0.25) is 35.7 Å². The highest BCUT2D eigenvalue weighted by atomic mass is 15.4. The predicted molar refractivity (Wildman–Crippen MR) is 607 cm³/mol. The summed E-state index contributed by atoms with van der Waals surface area (Å²) in [6, 6.07) is 126. The second kappa shape index (κ2) is 42.0. The Balaban J connectivity index is 0.771. The number of hydrogen-bond acceptors (Lipinski definition) is 18. The molecule has 6 aromatic heterocycles. The number of hydrogen-bond donors (Lipinski definition) is 0. The van der Waals surface area contributed by atoms with E-state index >= 15 is 0 Å². The molecule has 7 heterocycles. The first-order valence-corrected chi connectivity index (χ1v) is 51.7. The molecule has 25 rings (SSSR count). The first kappa shape index (κ1) is 92.2. The summed E-state index contributed by atoms with van der Waals surface area (Å²) in [7, 11) is 0. The predicted octanol–water partition coefficient (Wildman–Crippen LogP) is 29.8. The zero-order valence-electron chi connectivity index (χ0n) is 82.6. The van der Waals surface area contributed by atoms with E-state index in [0.29, 0.717) is 87.1 Å². The Morgan fingerprint density at radius 2 is 0.453 bits per heavy atom. The Morgan fingerprint density at radius 1 is 0.207 bits per heavy atom. The summed E-state index contributed by atoms with van der Waals surface area (Å²) in [5.74, 6) is 3.00. The van der Waals surface area contributed by atoms with E-state index in [-0.39, 0.29) is 0 Å². The van der Waals surface area contributed by atoms with Crippen LogP contribution in [-0.2, 0) is 0 Å². The lowest BCUT2D eigenvalue weighted by Crippen LogP contribution is -2.46. The monoisotopic (exact) mass is 1940 g/mol. The summed E-state index contributed by atoms with van der Waals surface area (Å²) in [5, 5.41) is 0. The minimum Gasteiger partial charge on any atom is -0.327 e. The standard InChI is InChI=1S/C132H104N18/c1-13-43-91(44-14-1)115-85-116(92-45-15-2-16-46-92)134-127(133-115)145-103-67-37-69-105(79-103)146(128-135-117(93-47-17-3-18-48-93)86-118(136-128)94-49-19-4-20-50-94)107-71-39-73-109(81-107)148(130-139-121(97-55-25-7-26-56-97)88-122(140-130)98-57-27-8-28-58-98)111-75-41-77-113(83-111)150(132-143-125(101-63-33-11-34-64-101)90-126(144-132)102-65-35-12-36-66-102)114-78-42-76-112(84-114)149(131-141-123(99-59-29-9-30-60-99)89-124(142-131)100-61-31-10-32-62-100)110-74-40-72-108(82-110)147(106-70-38-68-104(145)80-106)129-137-119(95-51-21-5-22-52-95)87-120(138-129)96-53-23-6-24-54-96/h1-11,13-35,37,39-40,42-68,71-74,77-80,83-90,105,107,110,112H,12,36,38,41,69-70,75-76,81-82H2. The molecule has 4 atom stereocenters. The van der Waals surface area contributed by atoms with Gasteiger partial charge in [-0.25, -0.2) is 59.8 Å². The summed E-state index contributed by atoms with van der Waals surface area (Å²) >= 11 is 0. The Bertz CT molecular complexity index is 8090. The SMILES string of the molecule is C1=CC2CC(=C1)N(c1nc(-c3ccccc3)cc(-c3ccccc3)n1)C1=CC(=CCC1)N(c1nc(-c3ccccc3)cc(-c3ccccc3)n1)C1=CC(CC=C1)N(c1nc(-c3ccccc3)cc(-c3ccccc3)n1)C1C=CC=C(C1)N(c1nc(-c3ccccc3)cc(-c3ccccc3)n1)C1=CC(=CCC1)N(c1nc(C3=CCCC=C3)cc(-c3ccccc3)n1)C1=CC(CC=C1)N2c1nc(-c2ccccc2)cc(-c2ccccc2)n1. The van der Waals surface area contributed by atoms with E-state index in [4.69, 9.17) is 59.8 Å². The summed E-state index contributed by atoms with van der Waals surface area (Å²) in [6.45, 7) is 0. The van der Waals surface area contributed by atoms with Crippen LogP contribution in [0.2, 0.25) is 0 Å². The maximum atomic E-state index is 5.90. The fourth-order valence-electron chi connectivity index (χ4n) is 21.2. The minimum atomic E-state index is -0.479. The second-order valence-corrected chi connectivity index (χ2v) is 38.3. The molecule has 18 heteroatoms. The van der Waals surface area contributed by atoms with Crippen molar-refractivity contribution in [2.24, 2.45) is 0 Å². The average Bonchev–Trinajstić information content (AvgIpc) is 0.756. The summed E-state index contributed by atoms with van der Waals surface area (Å²) in [5.41, 5.74) is 27.7. The van der Waals surface area contributed by atoms with E-state index in [1.165, 1.54) is 0 Å². The molecule has 18 nitrogen and oxygen atoms in total. The van der Waals surface area contributed by atoms with Gasteiger partial charge in [-0.3, -0.25) is 19.6 Å². The van der Waals surface area contributed by atoms with Crippen LogP contribution in [0.5, 0.6) is 0 Å². The van der Waals surface area contributed by atoms with E-state index in [1.807, 2.05) is 0 Å². The Kier molecular flexibility index (Phi) is 25.8. The lowest BCUT2D eigenvalue weighted by Gasteiger charge is -2.42. The number of allylic oxidation sites excluding steroid dienone is 16. The smallest absolute Gasteiger partial charge is 0.235 e. The summed E-state index contributed by atoms with van der Waals surface area (Å²) < 4.78 is 0. The van der Waals surface area contributed by atoms with E-state index in [0.717, 1.165) is 194 Å². The lowest BCUT2D eigenvalue weighted by molar-refractivity contribution is 0.581. The Labute approximate surface area is 873 Å². The van der Waals surface area contributed by atoms with Gasteiger partial charge < -0.3 is 9.80 Å². The molecular weight excluding hydrogens is 1840 g/mol. The highest BCUT2D eigenvalue weighted by Gasteiger charge is 2.40. The van der Waals surface area contributed by atoms with Crippen LogP contribution < -0.4 is 29.4 Å². The quantitative estimate of drug-likeness (QED) is 0.0792. The van der Waals surface area contributed by atoms with Crippen molar-refractivity contribution in [1.29, 1.82) is 0 Å². The fraction of sp³-hybridized carbons (Fsp3) is 0.106. The van der Waals surface area contributed by atoms with E-state index in [9.17, 15) is 0 Å². The van der Waals surface area contributed by atoms with Gasteiger partial charge in [0, 0.05) is 120 Å². The molecule has 0 fully saturated rings. The molecule has 0 amide bonds. The van der Waals surface area contributed by atoms with Gasteiger partial charge in [-0.15, -0.1) is 0 Å². The van der Waals surface area contributed by atoms with Gasteiger partial charge in [-0.1, -0.05) is 400 Å². The average molecular weight is 1940 g/mol. The lowest BCUT2D eigenvalue weighted by atomic mass is 9.95. The van der Waals surface area contributed by atoms with Crippen molar-refractivity contribution in [3.63, 3.8) is 0 Å². The van der Waals surface area contributed by atoms with Crippen molar-refractivity contribution in [1.82, 2.24) is 59.8 Å². The third-order valence-electron chi connectivity index (χ3n) is 28.5. The molecule has 0 spiro atoms. The Morgan fingerprint density at radius 3 is 0.713 bits per heavy atom. The topological polar surface area (TPSA) is 174 Å².